The first kappa shape index (κ1) is 24.3. The maximum Gasteiger partial charge on any atom is 0.195 e. The summed E-state index contributed by atoms with van der Waals surface area (Å²) in [5, 5.41) is 77.9. The zero-order valence-corrected chi connectivity index (χ0v) is 15.4. The number of carbonyl (C=O) groups is 1. The van der Waals surface area contributed by atoms with Crippen LogP contribution in [0.1, 0.15) is 20.8 Å². The van der Waals surface area contributed by atoms with Gasteiger partial charge in [-0.05, 0) is 5.41 Å². The number of hydrogen-bond acceptors (Lipinski definition) is 11. The van der Waals surface area contributed by atoms with Crippen molar-refractivity contribution in [3.63, 3.8) is 0 Å². The Kier molecular flexibility index (Phi) is 8.69. The van der Waals surface area contributed by atoms with Crippen molar-refractivity contribution in [2.45, 2.75) is 75.9 Å². The molecule has 1 fully saturated rings. The van der Waals surface area contributed by atoms with Crippen molar-refractivity contribution in [2.75, 3.05) is 13.2 Å². The number of carbonyl (C=O) groups excluding carboxylic acids is 1. The Balaban J connectivity index is 3.02. The highest BCUT2D eigenvalue weighted by atomic mass is 16.7. The average Bonchev–Trinajstić information content (AvgIpc) is 2.62. The monoisotopic (exact) mass is 398 g/mol. The highest BCUT2D eigenvalue weighted by molar-refractivity contribution is 5.88. The van der Waals surface area contributed by atoms with Crippen LogP contribution in [0.3, 0.4) is 0 Å². The maximum absolute atomic E-state index is 12.5. The second-order valence-corrected chi connectivity index (χ2v) is 7.66. The van der Waals surface area contributed by atoms with Crippen LogP contribution in [-0.4, -0.2) is 115 Å². The molecule has 0 aliphatic carbocycles. The highest BCUT2D eigenvalue weighted by Gasteiger charge is 2.47. The summed E-state index contributed by atoms with van der Waals surface area (Å²) in [6.07, 6.45) is -15.7. The first-order valence-electron chi connectivity index (χ1n) is 8.51. The van der Waals surface area contributed by atoms with Crippen LogP contribution in [0.4, 0.5) is 0 Å². The highest BCUT2D eigenvalue weighted by Crippen LogP contribution is 2.26. The van der Waals surface area contributed by atoms with Gasteiger partial charge in [0, 0.05) is 0 Å². The zero-order valence-electron chi connectivity index (χ0n) is 15.4. The quantitative estimate of drug-likeness (QED) is 0.197. The number of aliphatic hydroxyl groups excluding tert-OH is 8. The molecule has 0 aromatic carbocycles. The molecule has 9 atom stereocenters. The summed E-state index contributed by atoms with van der Waals surface area (Å²) in [6, 6.07) is 0. The minimum Gasteiger partial charge on any atom is -0.394 e. The van der Waals surface area contributed by atoms with Gasteiger partial charge in [0.1, 0.15) is 42.7 Å². The molecule has 0 spiro atoms. The first-order valence-corrected chi connectivity index (χ1v) is 8.51. The fourth-order valence-corrected chi connectivity index (χ4v) is 2.56. The number of aliphatic hydroxyl groups is 8. The minimum absolute atomic E-state index is 0.739. The summed E-state index contributed by atoms with van der Waals surface area (Å²) in [6.45, 7) is 2.99. The van der Waals surface area contributed by atoms with E-state index in [0.717, 1.165) is 0 Å². The van der Waals surface area contributed by atoms with E-state index in [1.165, 1.54) is 0 Å². The molecule has 27 heavy (non-hydrogen) atoms. The third-order valence-electron chi connectivity index (χ3n) is 4.42. The average molecular weight is 398 g/mol. The Morgan fingerprint density at radius 1 is 1.04 bits per heavy atom. The van der Waals surface area contributed by atoms with Crippen LogP contribution in [0.2, 0.25) is 0 Å². The molecule has 0 aromatic heterocycles. The number of Topliss-reactive ketones (excluding diaryl/α,β-unsaturated/α-hetero) is 1. The molecule has 1 heterocycles. The fourth-order valence-electron chi connectivity index (χ4n) is 2.56. The third-order valence-corrected chi connectivity index (χ3v) is 4.42. The SMILES string of the molecule is CC(C)(C)C(O)[C@H](O)C(=O)[C@H](O[C@@H]1O[C@H](CO)[C@H](O)[C@H](O)C1O)[C@H](O)CO. The van der Waals surface area contributed by atoms with Crippen molar-refractivity contribution in [3.05, 3.63) is 0 Å². The lowest BCUT2D eigenvalue weighted by Crippen LogP contribution is -2.61. The smallest absolute Gasteiger partial charge is 0.195 e. The van der Waals surface area contributed by atoms with Gasteiger partial charge in [-0.2, -0.15) is 0 Å². The second kappa shape index (κ2) is 9.65. The molecule has 11 heteroatoms. The first-order chi connectivity index (χ1) is 12.4. The third kappa shape index (κ3) is 5.64. The van der Waals surface area contributed by atoms with E-state index >= 15 is 0 Å². The predicted octanol–water partition coefficient (Wildman–Crippen LogP) is -4.14. The van der Waals surface area contributed by atoms with Gasteiger partial charge >= 0.3 is 0 Å². The number of hydrogen-bond donors (Lipinski definition) is 8. The summed E-state index contributed by atoms with van der Waals surface area (Å²) in [4.78, 5) is 12.5. The van der Waals surface area contributed by atoms with E-state index < -0.39 is 79.5 Å². The molecule has 1 aliphatic rings. The molecule has 0 amide bonds. The summed E-state index contributed by atoms with van der Waals surface area (Å²) < 4.78 is 10.3. The largest absolute Gasteiger partial charge is 0.394 e. The van der Waals surface area contributed by atoms with Gasteiger partial charge in [0.05, 0.1) is 19.3 Å². The molecular formula is C16H30O11. The van der Waals surface area contributed by atoms with Crippen molar-refractivity contribution < 1.29 is 55.1 Å². The molecule has 1 aliphatic heterocycles. The van der Waals surface area contributed by atoms with E-state index in [4.69, 9.17) is 19.7 Å². The molecule has 160 valence electrons. The van der Waals surface area contributed by atoms with Gasteiger partial charge in [-0.25, -0.2) is 0 Å². The van der Waals surface area contributed by atoms with Crippen LogP contribution >= 0.6 is 0 Å². The van der Waals surface area contributed by atoms with Crippen LogP contribution in [0.15, 0.2) is 0 Å². The van der Waals surface area contributed by atoms with E-state index in [1.54, 1.807) is 20.8 Å². The topological polar surface area (TPSA) is 197 Å². The van der Waals surface area contributed by atoms with Gasteiger partial charge in [0.25, 0.3) is 0 Å². The second-order valence-electron chi connectivity index (χ2n) is 7.66. The van der Waals surface area contributed by atoms with Crippen molar-refractivity contribution >= 4 is 5.78 Å². The molecule has 2 unspecified atom stereocenters. The predicted molar refractivity (Wildman–Crippen MR) is 88.2 cm³/mol. The Bertz CT molecular complexity index is 477. The summed E-state index contributed by atoms with van der Waals surface area (Å²) >= 11 is 0. The number of ketones is 1. The standard InChI is InChI=1S/C16H30O11/c1-16(2,3)14(25)11(23)10(22)13(6(19)4-17)27-15-12(24)9(21)8(20)7(5-18)26-15/h6-9,11-15,17-21,23-25H,4-5H2,1-3H3/t6-,7-,8+,9+,11-,12?,13-,14?,15+/m1/s1. The van der Waals surface area contributed by atoms with E-state index in [1.807, 2.05) is 0 Å². The van der Waals surface area contributed by atoms with Crippen molar-refractivity contribution in [1.82, 2.24) is 0 Å². The Labute approximate surface area is 156 Å². The lowest BCUT2D eigenvalue weighted by Gasteiger charge is -2.41. The molecular weight excluding hydrogens is 368 g/mol. The maximum atomic E-state index is 12.5. The van der Waals surface area contributed by atoms with E-state index in [-0.39, 0.29) is 0 Å². The van der Waals surface area contributed by atoms with Gasteiger partial charge in [0.15, 0.2) is 12.1 Å². The molecule has 1 rings (SSSR count). The molecule has 0 bridgehead atoms. The molecule has 8 N–H and O–H groups in total. The van der Waals surface area contributed by atoms with Gasteiger partial charge in [-0.3, -0.25) is 4.79 Å². The number of rotatable bonds is 8. The lowest BCUT2D eigenvalue weighted by atomic mass is 9.83. The normalized spacial score (nSPS) is 34.0. The van der Waals surface area contributed by atoms with E-state index in [9.17, 15) is 35.4 Å². The minimum atomic E-state index is -1.99. The number of ether oxygens (including phenoxy) is 2. The van der Waals surface area contributed by atoms with Crippen LogP contribution in [0.25, 0.3) is 0 Å². The summed E-state index contributed by atoms with van der Waals surface area (Å²) in [7, 11) is 0. The van der Waals surface area contributed by atoms with E-state index in [0.29, 0.717) is 0 Å². The van der Waals surface area contributed by atoms with Gasteiger partial charge < -0.3 is 50.3 Å². The summed E-state index contributed by atoms with van der Waals surface area (Å²) in [5.74, 6) is -1.18. The fraction of sp³-hybridized carbons (Fsp3) is 0.938. The van der Waals surface area contributed by atoms with Gasteiger partial charge in [-0.1, -0.05) is 20.8 Å². The van der Waals surface area contributed by atoms with Crippen LogP contribution in [0, 0.1) is 5.41 Å². The molecule has 0 aromatic rings. The molecule has 1 saturated heterocycles. The van der Waals surface area contributed by atoms with Crippen LogP contribution in [-0.2, 0) is 14.3 Å². The Morgan fingerprint density at radius 3 is 2.04 bits per heavy atom. The summed E-state index contributed by atoms with van der Waals surface area (Å²) in [5.41, 5.74) is -0.896. The van der Waals surface area contributed by atoms with Crippen molar-refractivity contribution in [1.29, 1.82) is 0 Å². The zero-order chi connectivity index (χ0) is 21.1. The van der Waals surface area contributed by atoms with Gasteiger partial charge in [-0.15, -0.1) is 0 Å². The molecule has 0 radical (unpaired) electrons. The van der Waals surface area contributed by atoms with Crippen molar-refractivity contribution in [2.24, 2.45) is 5.41 Å². The lowest BCUT2D eigenvalue weighted by molar-refractivity contribution is -0.314. The van der Waals surface area contributed by atoms with Crippen LogP contribution < -0.4 is 0 Å². The van der Waals surface area contributed by atoms with E-state index in [2.05, 4.69) is 0 Å². The van der Waals surface area contributed by atoms with Crippen LogP contribution in [0.5, 0.6) is 0 Å². The van der Waals surface area contributed by atoms with Crippen molar-refractivity contribution in [3.8, 4) is 0 Å². The Hall–Kier alpha value is -0.730. The molecule has 11 nitrogen and oxygen atoms in total. The molecule has 0 saturated carbocycles. The van der Waals surface area contributed by atoms with Gasteiger partial charge in [0.2, 0.25) is 0 Å². The Morgan fingerprint density at radius 2 is 1.59 bits per heavy atom.